The standard InChI is InChI=1S/C14H15NO3/c1-15-11-6-5-9(16)7-10(11)12(14(17)18)13(15)8-3-2-4-8/h5-8,16H,2-4H2,1H3,(H,17,18). The average molecular weight is 245 g/mol. The fraction of sp³-hybridized carbons (Fsp3) is 0.357. The minimum Gasteiger partial charge on any atom is -0.508 e. The molecule has 1 aliphatic carbocycles. The zero-order valence-corrected chi connectivity index (χ0v) is 10.2. The molecule has 2 N–H and O–H groups in total. The summed E-state index contributed by atoms with van der Waals surface area (Å²) >= 11 is 0. The Labute approximate surface area is 104 Å². The molecule has 18 heavy (non-hydrogen) atoms. The number of hydrogen-bond donors (Lipinski definition) is 2. The topological polar surface area (TPSA) is 62.5 Å². The van der Waals surface area contributed by atoms with Crippen molar-refractivity contribution in [1.29, 1.82) is 0 Å². The van der Waals surface area contributed by atoms with Crippen LogP contribution in [0.15, 0.2) is 18.2 Å². The molecule has 0 unspecified atom stereocenters. The van der Waals surface area contributed by atoms with Gasteiger partial charge < -0.3 is 14.8 Å². The third kappa shape index (κ3) is 1.41. The summed E-state index contributed by atoms with van der Waals surface area (Å²) in [5.74, 6) is -0.459. The van der Waals surface area contributed by atoms with E-state index in [1.807, 2.05) is 11.6 Å². The van der Waals surface area contributed by atoms with E-state index >= 15 is 0 Å². The van der Waals surface area contributed by atoms with E-state index < -0.39 is 5.97 Å². The number of carboxylic acid groups (broad SMARTS) is 1. The lowest BCUT2D eigenvalue weighted by Crippen LogP contribution is -2.16. The fourth-order valence-corrected chi connectivity index (χ4v) is 2.84. The van der Waals surface area contributed by atoms with Gasteiger partial charge in [-0.1, -0.05) is 6.42 Å². The number of aromatic carboxylic acids is 1. The molecule has 4 heteroatoms. The van der Waals surface area contributed by atoms with Gasteiger partial charge in [-0.05, 0) is 31.0 Å². The van der Waals surface area contributed by atoms with Crippen molar-refractivity contribution in [3.05, 3.63) is 29.5 Å². The van der Waals surface area contributed by atoms with Crippen LogP contribution in [0.25, 0.3) is 10.9 Å². The molecular formula is C14H15NO3. The number of fused-ring (bicyclic) bond motifs is 1. The van der Waals surface area contributed by atoms with E-state index in [9.17, 15) is 15.0 Å². The molecule has 1 aromatic carbocycles. The molecule has 0 saturated heterocycles. The highest BCUT2D eigenvalue weighted by molar-refractivity contribution is 6.05. The number of phenolic OH excluding ortho intramolecular Hbond substituents is 1. The molecule has 1 saturated carbocycles. The Morgan fingerprint density at radius 3 is 2.67 bits per heavy atom. The van der Waals surface area contributed by atoms with Gasteiger partial charge in [0.25, 0.3) is 0 Å². The summed E-state index contributed by atoms with van der Waals surface area (Å²) in [7, 11) is 1.90. The number of benzene rings is 1. The molecule has 0 aliphatic heterocycles. The van der Waals surface area contributed by atoms with Gasteiger partial charge in [0.15, 0.2) is 0 Å². The third-order valence-corrected chi connectivity index (χ3v) is 3.93. The number of phenols is 1. The van der Waals surface area contributed by atoms with Crippen LogP contribution in [0, 0.1) is 0 Å². The zero-order chi connectivity index (χ0) is 12.9. The summed E-state index contributed by atoms with van der Waals surface area (Å²) in [6.07, 6.45) is 3.27. The van der Waals surface area contributed by atoms with Crippen LogP contribution in [-0.4, -0.2) is 20.7 Å². The molecule has 1 aliphatic rings. The number of carbonyl (C=O) groups is 1. The lowest BCUT2D eigenvalue weighted by molar-refractivity contribution is 0.0696. The number of aromatic hydroxyl groups is 1. The number of aromatic nitrogens is 1. The molecule has 0 amide bonds. The largest absolute Gasteiger partial charge is 0.508 e. The van der Waals surface area contributed by atoms with Crippen LogP contribution in [0.4, 0.5) is 0 Å². The summed E-state index contributed by atoms with van der Waals surface area (Å²) in [5, 5.41) is 19.6. The maximum atomic E-state index is 11.5. The minimum absolute atomic E-state index is 0.107. The zero-order valence-electron chi connectivity index (χ0n) is 10.2. The Balaban J connectivity index is 2.35. The van der Waals surface area contributed by atoms with Crippen LogP contribution < -0.4 is 0 Å². The first-order chi connectivity index (χ1) is 8.59. The Morgan fingerprint density at radius 1 is 1.39 bits per heavy atom. The second kappa shape index (κ2) is 3.77. The summed E-state index contributed by atoms with van der Waals surface area (Å²) in [6.45, 7) is 0. The maximum Gasteiger partial charge on any atom is 0.338 e. The first-order valence-corrected chi connectivity index (χ1v) is 6.14. The van der Waals surface area contributed by atoms with Gasteiger partial charge in [-0.2, -0.15) is 0 Å². The summed E-state index contributed by atoms with van der Waals surface area (Å²) < 4.78 is 1.96. The van der Waals surface area contributed by atoms with E-state index in [0.29, 0.717) is 16.9 Å². The van der Waals surface area contributed by atoms with E-state index in [2.05, 4.69) is 0 Å². The van der Waals surface area contributed by atoms with Crippen molar-refractivity contribution >= 4 is 16.9 Å². The molecule has 2 aromatic rings. The molecule has 94 valence electrons. The highest BCUT2D eigenvalue weighted by Gasteiger charge is 2.30. The van der Waals surface area contributed by atoms with Crippen molar-refractivity contribution in [2.24, 2.45) is 7.05 Å². The second-order valence-corrected chi connectivity index (χ2v) is 4.95. The summed E-state index contributed by atoms with van der Waals surface area (Å²) in [6, 6.07) is 4.92. The minimum atomic E-state index is -0.909. The number of nitrogens with zero attached hydrogens (tertiary/aromatic N) is 1. The van der Waals surface area contributed by atoms with Crippen LogP contribution >= 0.6 is 0 Å². The van der Waals surface area contributed by atoms with Gasteiger partial charge in [-0.15, -0.1) is 0 Å². The van der Waals surface area contributed by atoms with Crippen LogP contribution in [-0.2, 0) is 7.05 Å². The van der Waals surface area contributed by atoms with Crippen molar-refractivity contribution in [2.45, 2.75) is 25.2 Å². The van der Waals surface area contributed by atoms with E-state index in [0.717, 1.165) is 30.5 Å². The molecule has 1 fully saturated rings. The molecule has 3 rings (SSSR count). The van der Waals surface area contributed by atoms with Crippen LogP contribution in [0.1, 0.15) is 41.2 Å². The normalized spacial score (nSPS) is 15.8. The first kappa shape index (κ1) is 11.1. The Morgan fingerprint density at radius 2 is 2.11 bits per heavy atom. The Hall–Kier alpha value is -1.97. The van der Waals surface area contributed by atoms with Crippen molar-refractivity contribution < 1.29 is 15.0 Å². The number of hydrogen-bond acceptors (Lipinski definition) is 2. The van der Waals surface area contributed by atoms with E-state index in [4.69, 9.17) is 0 Å². The Bertz CT molecular complexity index is 638. The van der Waals surface area contributed by atoms with Crippen LogP contribution in [0.5, 0.6) is 5.75 Å². The van der Waals surface area contributed by atoms with Gasteiger partial charge in [0.2, 0.25) is 0 Å². The highest BCUT2D eigenvalue weighted by atomic mass is 16.4. The number of rotatable bonds is 2. The van der Waals surface area contributed by atoms with Gasteiger partial charge >= 0.3 is 5.97 Å². The summed E-state index contributed by atoms with van der Waals surface area (Å²) in [4.78, 5) is 11.5. The van der Waals surface area contributed by atoms with Crippen molar-refractivity contribution in [3.63, 3.8) is 0 Å². The van der Waals surface area contributed by atoms with E-state index in [1.54, 1.807) is 18.2 Å². The highest BCUT2D eigenvalue weighted by Crippen LogP contribution is 2.41. The maximum absolute atomic E-state index is 11.5. The van der Waals surface area contributed by atoms with Crippen molar-refractivity contribution in [3.8, 4) is 5.75 Å². The SMILES string of the molecule is Cn1c(C2CCC2)c(C(=O)O)c2cc(O)ccc21. The fourth-order valence-electron chi connectivity index (χ4n) is 2.84. The second-order valence-electron chi connectivity index (χ2n) is 4.95. The van der Waals surface area contributed by atoms with Gasteiger partial charge in [0, 0.05) is 29.6 Å². The molecule has 4 nitrogen and oxygen atoms in total. The molecule has 0 radical (unpaired) electrons. The van der Waals surface area contributed by atoms with Crippen LogP contribution in [0.2, 0.25) is 0 Å². The average Bonchev–Trinajstić information content (AvgIpc) is 2.50. The van der Waals surface area contributed by atoms with Gasteiger partial charge in [-0.3, -0.25) is 0 Å². The molecule has 1 aromatic heterocycles. The molecule has 0 atom stereocenters. The lowest BCUT2D eigenvalue weighted by atomic mass is 9.81. The third-order valence-electron chi connectivity index (χ3n) is 3.93. The lowest BCUT2D eigenvalue weighted by Gasteiger charge is -2.27. The van der Waals surface area contributed by atoms with Crippen molar-refractivity contribution in [2.75, 3.05) is 0 Å². The number of carboxylic acids is 1. The summed E-state index contributed by atoms with van der Waals surface area (Å²) in [5.41, 5.74) is 2.12. The Kier molecular flexibility index (Phi) is 2.33. The van der Waals surface area contributed by atoms with Gasteiger partial charge in [0.05, 0.1) is 5.56 Å². The van der Waals surface area contributed by atoms with E-state index in [1.165, 1.54) is 0 Å². The molecular weight excluding hydrogens is 230 g/mol. The monoisotopic (exact) mass is 245 g/mol. The van der Waals surface area contributed by atoms with E-state index in [-0.39, 0.29) is 5.75 Å². The smallest absolute Gasteiger partial charge is 0.338 e. The predicted molar refractivity (Wildman–Crippen MR) is 68.1 cm³/mol. The number of aryl methyl sites for hydroxylation is 1. The first-order valence-electron chi connectivity index (χ1n) is 6.14. The van der Waals surface area contributed by atoms with Gasteiger partial charge in [0.1, 0.15) is 5.75 Å². The van der Waals surface area contributed by atoms with Crippen LogP contribution in [0.3, 0.4) is 0 Å². The molecule has 1 heterocycles. The van der Waals surface area contributed by atoms with Crippen molar-refractivity contribution in [1.82, 2.24) is 4.57 Å². The molecule has 0 bridgehead atoms. The predicted octanol–water partition coefficient (Wildman–Crippen LogP) is 2.85. The quantitative estimate of drug-likeness (QED) is 0.855. The van der Waals surface area contributed by atoms with Gasteiger partial charge in [-0.25, -0.2) is 4.79 Å². The molecule has 0 spiro atoms.